The van der Waals surface area contributed by atoms with Crippen LogP contribution in [0.4, 0.5) is 4.79 Å². The SMILES string of the molecule is CN1CCC(N2CCC(NC(=O)NC3(CO)CCCC3)CC2)CC1. The van der Waals surface area contributed by atoms with Gasteiger partial charge >= 0.3 is 6.03 Å². The van der Waals surface area contributed by atoms with Crippen molar-refractivity contribution in [3.63, 3.8) is 0 Å². The molecule has 0 atom stereocenters. The number of piperidine rings is 2. The normalized spacial score (nSPS) is 27.2. The maximum absolute atomic E-state index is 12.3. The van der Waals surface area contributed by atoms with Gasteiger partial charge in [-0.3, -0.25) is 0 Å². The van der Waals surface area contributed by atoms with Crippen molar-refractivity contribution in [2.75, 3.05) is 39.8 Å². The minimum atomic E-state index is -0.376. The summed E-state index contributed by atoms with van der Waals surface area (Å²) in [4.78, 5) is 17.3. The molecule has 0 aromatic carbocycles. The predicted octanol–water partition coefficient (Wildman–Crippen LogP) is 1.15. The van der Waals surface area contributed by atoms with Crippen molar-refractivity contribution >= 4 is 6.03 Å². The second kappa shape index (κ2) is 8.02. The van der Waals surface area contributed by atoms with Crippen LogP contribution in [0.3, 0.4) is 0 Å². The lowest BCUT2D eigenvalue weighted by Crippen LogP contribution is -2.56. The number of aliphatic hydroxyl groups excluding tert-OH is 1. The number of hydrogen-bond acceptors (Lipinski definition) is 4. The zero-order chi connectivity index (χ0) is 17.0. The van der Waals surface area contributed by atoms with E-state index in [4.69, 9.17) is 0 Å². The highest BCUT2D eigenvalue weighted by Gasteiger charge is 2.35. The Morgan fingerprint density at radius 1 is 1.08 bits per heavy atom. The molecule has 2 amide bonds. The fourth-order valence-electron chi connectivity index (χ4n) is 4.61. The van der Waals surface area contributed by atoms with E-state index in [1.165, 1.54) is 25.9 Å². The van der Waals surface area contributed by atoms with Gasteiger partial charge in [0.15, 0.2) is 0 Å². The minimum Gasteiger partial charge on any atom is -0.394 e. The maximum atomic E-state index is 12.3. The van der Waals surface area contributed by atoms with E-state index in [1.54, 1.807) is 0 Å². The molecule has 138 valence electrons. The fourth-order valence-corrected chi connectivity index (χ4v) is 4.61. The lowest BCUT2D eigenvalue weighted by atomic mass is 9.97. The number of amides is 2. The molecule has 2 saturated heterocycles. The molecule has 6 nitrogen and oxygen atoms in total. The third-order valence-electron chi connectivity index (χ3n) is 6.31. The second-order valence-corrected chi connectivity index (χ2v) is 8.09. The first-order valence-electron chi connectivity index (χ1n) is 9.72. The van der Waals surface area contributed by atoms with Gasteiger partial charge in [0.2, 0.25) is 0 Å². The molecular formula is C18H34N4O2. The van der Waals surface area contributed by atoms with Gasteiger partial charge in [-0.1, -0.05) is 12.8 Å². The topological polar surface area (TPSA) is 67.8 Å². The van der Waals surface area contributed by atoms with Crippen LogP contribution in [0.5, 0.6) is 0 Å². The number of urea groups is 1. The van der Waals surface area contributed by atoms with Crippen LogP contribution in [-0.4, -0.2) is 78.4 Å². The molecule has 1 saturated carbocycles. The molecule has 3 aliphatic rings. The van der Waals surface area contributed by atoms with Gasteiger partial charge in [-0.05, 0) is 58.7 Å². The van der Waals surface area contributed by atoms with Crippen LogP contribution in [-0.2, 0) is 0 Å². The summed E-state index contributed by atoms with van der Waals surface area (Å²) in [5.41, 5.74) is -0.376. The van der Waals surface area contributed by atoms with E-state index in [0.29, 0.717) is 0 Å². The molecule has 24 heavy (non-hydrogen) atoms. The number of likely N-dealkylation sites (tertiary alicyclic amines) is 2. The Labute approximate surface area is 146 Å². The highest BCUT2D eigenvalue weighted by molar-refractivity contribution is 5.75. The van der Waals surface area contributed by atoms with Crippen molar-refractivity contribution in [3.8, 4) is 0 Å². The van der Waals surface area contributed by atoms with Crippen LogP contribution in [0, 0.1) is 0 Å². The van der Waals surface area contributed by atoms with Gasteiger partial charge in [0, 0.05) is 25.2 Å². The molecule has 0 aromatic rings. The largest absolute Gasteiger partial charge is 0.394 e. The first-order chi connectivity index (χ1) is 11.6. The Bertz CT molecular complexity index is 409. The molecular weight excluding hydrogens is 304 g/mol. The van der Waals surface area contributed by atoms with E-state index in [9.17, 15) is 9.90 Å². The van der Waals surface area contributed by atoms with Crippen LogP contribution in [0.2, 0.25) is 0 Å². The molecule has 0 aromatic heterocycles. The van der Waals surface area contributed by atoms with Gasteiger partial charge in [-0.25, -0.2) is 4.79 Å². The summed E-state index contributed by atoms with van der Waals surface area (Å²) in [6.07, 6.45) is 8.59. The van der Waals surface area contributed by atoms with Crippen molar-refractivity contribution in [1.82, 2.24) is 20.4 Å². The predicted molar refractivity (Wildman–Crippen MR) is 95.1 cm³/mol. The summed E-state index contributed by atoms with van der Waals surface area (Å²) >= 11 is 0. The molecule has 3 rings (SSSR count). The molecule has 0 bridgehead atoms. The quantitative estimate of drug-likeness (QED) is 0.719. The van der Waals surface area contributed by atoms with E-state index >= 15 is 0 Å². The zero-order valence-corrected chi connectivity index (χ0v) is 15.1. The van der Waals surface area contributed by atoms with E-state index < -0.39 is 0 Å². The average Bonchev–Trinajstić information content (AvgIpc) is 3.05. The first kappa shape index (κ1) is 18.0. The Hall–Kier alpha value is -0.850. The zero-order valence-electron chi connectivity index (χ0n) is 15.1. The molecule has 3 fully saturated rings. The average molecular weight is 338 g/mol. The summed E-state index contributed by atoms with van der Waals surface area (Å²) in [6, 6.07) is 0.903. The number of nitrogens with one attached hydrogen (secondary N) is 2. The van der Waals surface area contributed by atoms with Gasteiger partial charge in [-0.15, -0.1) is 0 Å². The van der Waals surface area contributed by atoms with Crippen LogP contribution < -0.4 is 10.6 Å². The highest BCUT2D eigenvalue weighted by Crippen LogP contribution is 2.29. The van der Waals surface area contributed by atoms with Crippen molar-refractivity contribution in [3.05, 3.63) is 0 Å². The number of nitrogens with zero attached hydrogens (tertiary/aromatic N) is 2. The van der Waals surface area contributed by atoms with Crippen LogP contribution >= 0.6 is 0 Å². The molecule has 0 radical (unpaired) electrons. The maximum Gasteiger partial charge on any atom is 0.315 e. The van der Waals surface area contributed by atoms with Crippen molar-refractivity contribution < 1.29 is 9.90 Å². The summed E-state index contributed by atoms with van der Waals surface area (Å²) in [6.45, 7) is 4.63. The molecule has 0 spiro atoms. The Kier molecular flexibility index (Phi) is 6.00. The molecule has 1 aliphatic carbocycles. The van der Waals surface area contributed by atoms with E-state index in [1.807, 2.05) is 0 Å². The Morgan fingerprint density at radius 2 is 1.71 bits per heavy atom. The smallest absolute Gasteiger partial charge is 0.315 e. The van der Waals surface area contributed by atoms with Gasteiger partial charge in [0.05, 0.1) is 12.1 Å². The van der Waals surface area contributed by atoms with Crippen LogP contribution in [0.15, 0.2) is 0 Å². The first-order valence-corrected chi connectivity index (χ1v) is 9.72. The van der Waals surface area contributed by atoms with Crippen molar-refractivity contribution in [2.24, 2.45) is 0 Å². The molecule has 2 aliphatic heterocycles. The van der Waals surface area contributed by atoms with E-state index in [2.05, 4.69) is 27.5 Å². The highest BCUT2D eigenvalue weighted by atomic mass is 16.3. The molecule has 0 unspecified atom stereocenters. The third-order valence-corrected chi connectivity index (χ3v) is 6.31. The summed E-state index contributed by atoms with van der Waals surface area (Å²) < 4.78 is 0. The fraction of sp³-hybridized carbons (Fsp3) is 0.944. The number of aliphatic hydroxyl groups is 1. The number of rotatable bonds is 4. The van der Waals surface area contributed by atoms with E-state index in [0.717, 1.165) is 57.7 Å². The number of hydrogen-bond donors (Lipinski definition) is 3. The van der Waals surface area contributed by atoms with Gasteiger partial charge in [0.1, 0.15) is 0 Å². The monoisotopic (exact) mass is 338 g/mol. The second-order valence-electron chi connectivity index (χ2n) is 8.09. The minimum absolute atomic E-state index is 0.0506. The van der Waals surface area contributed by atoms with Crippen LogP contribution in [0.1, 0.15) is 51.4 Å². The molecule has 2 heterocycles. The summed E-state index contributed by atoms with van der Waals surface area (Å²) in [5, 5.41) is 15.8. The number of carbonyl (C=O) groups is 1. The lowest BCUT2D eigenvalue weighted by molar-refractivity contribution is 0.0926. The van der Waals surface area contributed by atoms with Gasteiger partial charge < -0.3 is 25.5 Å². The van der Waals surface area contributed by atoms with Gasteiger partial charge in [-0.2, -0.15) is 0 Å². The van der Waals surface area contributed by atoms with Crippen molar-refractivity contribution in [2.45, 2.75) is 69.0 Å². The standard InChI is InChI=1S/C18H34N4O2/c1-21-10-6-16(7-11-21)22-12-4-15(5-13-22)19-17(24)20-18(14-23)8-2-3-9-18/h15-16,23H,2-14H2,1H3,(H2,19,20,24). The molecule has 3 N–H and O–H groups in total. The molecule has 6 heteroatoms. The Morgan fingerprint density at radius 3 is 2.29 bits per heavy atom. The third kappa shape index (κ3) is 4.41. The lowest BCUT2D eigenvalue weighted by Gasteiger charge is -2.41. The summed E-state index contributed by atoms with van der Waals surface area (Å²) in [5.74, 6) is 0. The van der Waals surface area contributed by atoms with Gasteiger partial charge in [0.25, 0.3) is 0 Å². The Balaban J connectivity index is 1.39. The van der Waals surface area contributed by atoms with Crippen LogP contribution in [0.25, 0.3) is 0 Å². The van der Waals surface area contributed by atoms with Crippen molar-refractivity contribution in [1.29, 1.82) is 0 Å². The van der Waals surface area contributed by atoms with E-state index in [-0.39, 0.29) is 24.2 Å². The number of carbonyl (C=O) groups excluding carboxylic acids is 1. The summed E-state index contributed by atoms with van der Waals surface area (Å²) in [7, 11) is 2.20.